The van der Waals surface area contributed by atoms with Gasteiger partial charge in [-0.1, -0.05) is 46.3 Å². The average Bonchev–Trinajstić information content (AvgIpc) is 2.38. The summed E-state index contributed by atoms with van der Waals surface area (Å²) in [5, 5.41) is 0. The van der Waals surface area contributed by atoms with Crippen molar-refractivity contribution in [3.8, 4) is 16.9 Å². The second-order valence-corrected chi connectivity index (χ2v) is 4.41. The van der Waals surface area contributed by atoms with Crippen molar-refractivity contribution in [3.05, 3.63) is 52.5 Å². The monoisotopic (exact) mass is 290 g/mol. The van der Waals surface area contributed by atoms with E-state index < -0.39 is 0 Å². The van der Waals surface area contributed by atoms with E-state index in [1.807, 2.05) is 30.3 Å². The zero-order chi connectivity index (χ0) is 12.3. The van der Waals surface area contributed by atoms with Crippen LogP contribution in [0.25, 0.3) is 11.1 Å². The van der Waals surface area contributed by atoms with Crippen molar-refractivity contribution in [3.63, 3.8) is 0 Å². The van der Waals surface area contributed by atoms with Gasteiger partial charge < -0.3 is 4.74 Å². The van der Waals surface area contributed by atoms with E-state index in [9.17, 15) is 4.79 Å². The summed E-state index contributed by atoms with van der Waals surface area (Å²) in [6, 6.07) is 13.2. The normalized spacial score (nSPS) is 10.0. The number of rotatable bonds is 3. The lowest BCUT2D eigenvalue weighted by Gasteiger charge is -2.10. The van der Waals surface area contributed by atoms with Gasteiger partial charge in [0.1, 0.15) is 12.0 Å². The number of benzene rings is 2. The summed E-state index contributed by atoms with van der Waals surface area (Å²) < 4.78 is 6.31. The summed E-state index contributed by atoms with van der Waals surface area (Å²) in [4.78, 5) is 10.6. The van der Waals surface area contributed by atoms with Crippen LogP contribution in [0.2, 0.25) is 0 Å². The third-order valence-corrected chi connectivity index (χ3v) is 3.19. The number of hydrogen-bond acceptors (Lipinski definition) is 2. The Hall–Kier alpha value is -1.61. The molecule has 2 aromatic rings. The molecule has 0 atom stereocenters. The Kier molecular flexibility index (Phi) is 3.59. The van der Waals surface area contributed by atoms with E-state index in [4.69, 9.17) is 4.74 Å². The first kappa shape index (κ1) is 11.9. The van der Waals surface area contributed by atoms with Gasteiger partial charge in [0.25, 0.3) is 0 Å². The van der Waals surface area contributed by atoms with Crippen LogP contribution in [0.5, 0.6) is 5.75 Å². The van der Waals surface area contributed by atoms with E-state index in [-0.39, 0.29) is 0 Å². The molecular weight excluding hydrogens is 280 g/mol. The highest BCUT2D eigenvalue weighted by Crippen LogP contribution is 2.36. The molecule has 0 bridgehead atoms. The van der Waals surface area contributed by atoms with Gasteiger partial charge >= 0.3 is 0 Å². The van der Waals surface area contributed by atoms with E-state index >= 15 is 0 Å². The van der Waals surface area contributed by atoms with E-state index in [1.54, 1.807) is 19.2 Å². The molecule has 0 unspecified atom stereocenters. The van der Waals surface area contributed by atoms with Crippen molar-refractivity contribution in [1.82, 2.24) is 0 Å². The van der Waals surface area contributed by atoms with Crippen LogP contribution >= 0.6 is 15.9 Å². The van der Waals surface area contributed by atoms with Crippen molar-refractivity contribution < 1.29 is 9.53 Å². The molecule has 2 rings (SSSR count). The summed E-state index contributed by atoms with van der Waals surface area (Å²) in [5.74, 6) is 0.804. The Morgan fingerprint density at radius 1 is 1.12 bits per heavy atom. The van der Waals surface area contributed by atoms with Gasteiger partial charge in [0.05, 0.1) is 7.11 Å². The first-order chi connectivity index (χ1) is 8.26. The molecule has 0 spiro atoms. The molecule has 0 aliphatic rings. The maximum Gasteiger partial charge on any atom is 0.150 e. The fourth-order valence-electron chi connectivity index (χ4n) is 1.68. The maximum atomic E-state index is 10.6. The Labute approximate surface area is 108 Å². The molecule has 0 N–H and O–H groups in total. The van der Waals surface area contributed by atoms with Crippen LogP contribution in [-0.4, -0.2) is 13.4 Å². The number of hydrogen-bond donors (Lipinski definition) is 0. The molecule has 0 heterocycles. The second kappa shape index (κ2) is 5.15. The first-order valence-electron chi connectivity index (χ1n) is 5.14. The number of methoxy groups -OCH3 is 1. The molecule has 2 nitrogen and oxygen atoms in total. The van der Waals surface area contributed by atoms with Crippen LogP contribution in [0.15, 0.2) is 46.9 Å². The number of ether oxygens (including phenoxy) is 1. The van der Waals surface area contributed by atoms with Gasteiger partial charge in [0.15, 0.2) is 0 Å². The van der Waals surface area contributed by atoms with E-state index in [1.165, 1.54) is 0 Å². The van der Waals surface area contributed by atoms with Crippen LogP contribution in [0.1, 0.15) is 10.4 Å². The SMILES string of the molecule is COc1cccc(Br)c1-c1ccc(C=O)cc1. The molecule has 0 saturated carbocycles. The third-order valence-electron chi connectivity index (χ3n) is 2.53. The Morgan fingerprint density at radius 2 is 1.82 bits per heavy atom. The number of carbonyl (C=O) groups excluding carboxylic acids is 1. The fraction of sp³-hybridized carbons (Fsp3) is 0.0714. The largest absolute Gasteiger partial charge is 0.496 e. The van der Waals surface area contributed by atoms with Crippen LogP contribution in [0.4, 0.5) is 0 Å². The van der Waals surface area contributed by atoms with Gasteiger partial charge in [-0.2, -0.15) is 0 Å². The summed E-state index contributed by atoms with van der Waals surface area (Å²) >= 11 is 3.51. The number of halogens is 1. The van der Waals surface area contributed by atoms with Crippen LogP contribution in [0.3, 0.4) is 0 Å². The third kappa shape index (κ3) is 2.39. The highest BCUT2D eigenvalue weighted by atomic mass is 79.9. The van der Waals surface area contributed by atoms with Crippen molar-refractivity contribution >= 4 is 22.2 Å². The summed E-state index contributed by atoms with van der Waals surface area (Å²) in [6.45, 7) is 0. The minimum atomic E-state index is 0.666. The molecule has 0 saturated heterocycles. The zero-order valence-corrected chi connectivity index (χ0v) is 10.9. The molecule has 0 aromatic heterocycles. The Balaban J connectivity index is 2.55. The Bertz CT molecular complexity index is 532. The predicted molar refractivity (Wildman–Crippen MR) is 71.5 cm³/mol. The maximum absolute atomic E-state index is 10.6. The van der Waals surface area contributed by atoms with Gasteiger partial charge in [0, 0.05) is 15.6 Å². The first-order valence-corrected chi connectivity index (χ1v) is 5.93. The zero-order valence-electron chi connectivity index (χ0n) is 9.31. The van der Waals surface area contributed by atoms with Crippen molar-refractivity contribution in [1.29, 1.82) is 0 Å². The van der Waals surface area contributed by atoms with Crippen molar-refractivity contribution in [2.24, 2.45) is 0 Å². The lowest BCUT2D eigenvalue weighted by atomic mass is 10.0. The predicted octanol–water partition coefficient (Wildman–Crippen LogP) is 3.94. The summed E-state index contributed by atoms with van der Waals surface area (Å²) in [6.07, 6.45) is 0.834. The second-order valence-electron chi connectivity index (χ2n) is 3.56. The van der Waals surface area contributed by atoms with Crippen LogP contribution < -0.4 is 4.74 Å². The molecule has 0 amide bonds. The molecular formula is C14H11BrO2. The molecule has 0 radical (unpaired) electrons. The molecule has 3 heteroatoms. The standard InChI is InChI=1S/C14H11BrO2/c1-17-13-4-2-3-12(15)14(13)11-7-5-10(9-16)6-8-11/h2-9H,1H3. The highest BCUT2D eigenvalue weighted by Gasteiger charge is 2.09. The molecule has 0 aliphatic carbocycles. The van der Waals surface area contributed by atoms with Crippen LogP contribution in [-0.2, 0) is 0 Å². The molecule has 2 aromatic carbocycles. The van der Waals surface area contributed by atoms with Gasteiger partial charge in [-0.25, -0.2) is 0 Å². The minimum absolute atomic E-state index is 0.666. The van der Waals surface area contributed by atoms with Crippen molar-refractivity contribution in [2.45, 2.75) is 0 Å². The van der Waals surface area contributed by atoms with E-state index in [2.05, 4.69) is 15.9 Å². The topological polar surface area (TPSA) is 26.3 Å². The van der Waals surface area contributed by atoms with Crippen molar-refractivity contribution in [2.75, 3.05) is 7.11 Å². The Morgan fingerprint density at radius 3 is 2.41 bits per heavy atom. The quantitative estimate of drug-likeness (QED) is 0.801. The van der Waals surface area contributed by atoms with Gasteiger partial charge in [0.2, 0.25) is 0 Å². The number of aldehydes is 1. The van der Waals surface area contributed by atoms with Gasteiger partial charge in [-0.05, 0) is 17.7 Å². The lowest BCUT2D eigenvalue weighted by molar-refractivity contribution is 0.112. The summed E-state index contributed by atoms with van der Waals surface area (Å²) in [5.41, 5.74) is 2.67. The van der Waals surface area contributed by atoms with Gasteiger partial charge in [-0.15, -0.1) is 0 Å². The minimum Gasteiger partial charge on any atom is -0.496 e. The lowest BCUT2D eigenvalue weighted by Crippen LogP contribution is -1.89. The summed E-state index contributed by atoms with van der Waals surface area (Å²) in [7, 11) is 1.64. The van der Waals surface area contributed by atoms with E-state index in [0.29, 0.717) is 5.56 Å². The average molecular weight is 291 g/mol. The van der Waals surface area contributed by atoms with Gasteiger partial charge in [-0.3, -0.25) is 4.79 Å². The fourth-order valence-corrected chi connectivity index (χ4v) is 2.26. The molecule has 86 valence electrons. The number of carbonyl (C=O) groups is 1. The molecule has 0 fully saturated rings. The highest BCUT2D eigenvalue weighted by molar-refractivity contribution is 9.10. The molecule has 17 heavy (non-hydrogen) atoms. The molecule has 0 aliphatic heterocycles. The van der Waals surface area contributed by atoms with E-state index in [0.717, 1.165) is 27.6 Å². The smallest absolute Gasteiger partial charge is 0.150 e. The van der Waals surface area contributed by atoms with Crippen LogP contribution in [0, 0.1) is 0 Å².